The van der Waals surface area contributed by atoms with Crippen molar-refractivity contribution in [3.8, 4) is 0 Å². The molecule has 0 aliphatic heterocycles. The largest absolute Gasteiger partial charge is 0.304 e. The second-order valence-electron chi connectivity index (χ2n) is 4.35. The van der Waals surface area contributed by atoms with Crippen LogP contribution in [0.1, 0.15) is 36.7 Å². The summed E-state index contributed by atoms with van der Waals surface area (Å²) >= 11 is 0. The summed E-state index contributed by atoms with van der Waals surface area (Å²) in [6, 6.07) is 8.46. The molecule has 0 aliphatic rings. The second kappa shape index (κ2) is 6.26. The number of aryl methyl sites for hydroxylation is 1. The molecule has 0 amide bonds. The zero-order valence-corrected chi connectivity index (χ0v) is 10.9. The first-order valence-electron chi connectivity index (χ1n) is 6.37. The predicted octanol–water partition coefficient (Wildman–Crippen LogP) is 2.89. The molecule has 0 spiro atoms. The van der Waals surface area contributed by atoms with Gasteiger partial charge >= 0.3 is 0 Å². The third-order valence-electron chi connectivity index (χ3n) is 3.13. The average Bonchev–Trinajstić information content (AvgIpc) is 2.46. The molecule has 0 aromatic carbocycles. The molecule has 0 bridgehead atoms. The average molecular weight is 241 g/mol. The molecule has 0 aliphatic carbocycles. The van der Waals surface area contributed by atoms with E-state index in [-0.39, 0.29) is 6.04 Å². The predicted molar refractivity (Wildman–Crippen MR) is 73.1 cm³/mol. The summed E-state index contributed by atoms with van der Waals surface area (Å²) in [7, 11) is 0. The quantitative estimate of drug-likeness (QED) is 0.874. The maximum absolute atomic E-state index is 4.44. The third-order valence-corrected chi connectivity index (χ3v) is 3.13. The van der Waals surface area contributed by atoms with Gasteiger partial charge in [0.05, 0.1) is 5.69 Å². The van der Waals surface area contributed by atoms with E-state index < -0.39 is 0 Å². The molecular formula is C15H19N3. The molecule has 2 aromatic rings. The smallest absolute Gasteiger partial charge is 0.0573 e. The van der Waals surface area contributed by atoms with Crippen molar-refractivity contribution in [3.05, 3.63) is 59.7 Å². The third kappa shape index (κ3) is 3.14. The fraction of sp³-hybridized carbons (Fsp3) is 0.333. The Bertz CT molecular complexity index is 482. The number of nitrogens with one attached hydrogen (secondary N) is 1. The number of hydrogen-bond donors (Lipinski definition) is 1. The first-order chi connectivity index (χ1) is 8.81. The minimum Gasteiger partial charge on any atom is -0.304 e. The van der Waals surface area contributed by atoms with Crippen LogP contribution >= 0.6 is 0 Å². The molecule has 94 valence electrons. The van der Waals surface area contributed by atoms with Gasteiger partial charge in [0.2, 0.25) is 0 Å². The molecule has 2 aromatic heterocycles. The highest BCUT2D eigenvalue weighted by Crippen LogP contribution is 2.12. The maximum Gasteiger partial charge on any atom is 0.0573 e. The molecule has 0 radical (unpaired) electrons. The Morgan fingerprint density at radius 3 is 2.78 bits per heavy atom. The Morgan fingerprint density at radius 2 is 2.06 bits per heavy atom. The lowest BCUT2D eigenvalue weighted by Gasteiger charge is -2.14. The van der Waals surface area contributed by atoms with Crippen molar-refractivity contribution in [3.63, 3.8) is 0 Å². The van der Waals surface area contributed by atoms with Crippen LogP contribution in [0.2, 0.25) is 0 Å². The molecule has 1 N–H and O–H groups in total. The first kappa shape index (κ1) is 12.7. The van der Waals surface area contributed by atoms with Crippen LogP contribution in [0.15, 0.2) is 42.9 Å². The molecule has 0 fully saturated rings. The van der Waals surface area contributed by atoms with E-state index >= 15 is 0 Å². The van der Waals surface area contributed by atoms with Crippen LogP contribution in [0.3, 0.4) is 0 Å². The van der Waals surface area contributed by atoms with E-state index in [4.69, 9.17) is 0 Å². The van der Waals surface area contributed by atoms with E-state index in [9.17, 15) is 0 Å². The molecule has 0 saturated heterocycles. The van der Waals surface area contributed by atoms with Crippen LogP contribution < -0.4 is 5.32 Å². The van der Waals surface area contributed by atoms with Crippen LogP contribution in [0, 0.1) is 0 Å². The maximum atomic E-state index is 4.44. The van der Waals surface area contributed by atoms with Crippen molar-refractivity contribution in [2.75, 3.05) is 0 Å². The van der Waals surface area contributed by atoms with E-state index in [1.807, 2.05) is 24.5 Å². The number of aromatic nitrogens is 2. The molecule has 1 atom stereocenters. The Morgan fingerprint density at radius 1 is 1.22 bits per heavy atom. The van der Waals surface area contributed by atoms with Gasteiger partial charge in [-0.05, 0) is 36.6 Å². The van der Waals surface area contributed by atoms with Crippen molar-refractivity contribution in [2.45, 2.75) is 32.9 Å². The number of hydrogen-bond acceptors (Lipinski definition) is 3. The normalized spacial score (nSPS) is 12.3. The summed E-state index contributed by atoms with van der Waals surface area (Å²) < 4.78 is 0. The SMILES string of the molecule is CCc1cccnc1CNC(C)c1cccnc1. The van der Waals surface area contributed by atoms with Gasteiger partial charge in [-0.3, -0.25) is 9.97 Å². The summed E-state index contributed by atoms with van der Waals surface area (Å²) in [6.45, 7) is 5.09. The lowest BCUT2D eigenvalue weighted by atomic mass is 10.1. The Kier molecular flexibility index (Phi) is 4.42. The second-order valence-corrected chi connectivity index (χ2v) is 4.35. The molecule has 18 heavy (non-hydrogen) atoms. The van der Waals surface area contributed by atoms with Crippen molar-refractivity contribution in [1.29, 1.82) is 0 Å². The number of nitrogens with zero attached hydrogens (tertiary/aromatic N) is 2. The van der Waals surface area contributed by atoms with Crippen LogP contribution in [-0.2, 0) is 13.0 Å². The Balaban J connectivity index is 1.99. The Labute approximate surface area is 108 Å². The highest BCUT2D eigenvalue weighted by atomic mass is 14.9. The van der Waals surface area contributed by atoms with E-state index in [2.05, 4.69) is 41.3 Å². The highest BCUT2D eigenvalue weighted by molar-refractivity contribution is 5.20. The summed E-state index contributed by atoms with van der Waals surface area (Å²) in [4.78, 5) is 8.58. The van der Waals surface area contributed by atoms with Gasteiger partial charge in [0.25, 0.3) is 0 Å². The van der Waals surface area contributed by atoms with E-state index in [0.717, 1.165) is 18.7 Å². The molecule has 1 unspecified atom stereocenters. The minimum absolute atomic E-state index is 0.283. The van der Waals surface area contributed by atoms with E-state index in [1.165, 1.54) is 11.1 Å². The summed E-state index contributed by atoms with van der Waals surface area (Å²) in [5.41, 5.74) is 3.64. The lowest BCUT2D eigenvalue weighted by molar-refractivity contribution is 0.563. The number of rotatable bonds is 5. The van der Waals surface area contributed by atoms with Crippen molar-refractivity contribution >= 4 is 0 Å². The number of pyridine rings is 2. The molecule has 2 heterocycles. The zero-order valence-electron chi connectivity index (χ0n) is 10.9. The molecule has 0 saturated carbocycles. The van der Waals surface area contributed by atoms with Crippen LogP contribution in [0.25, 0.3) is 0 Å². The van der Waals surface area contributed by atoms with Crippen LogP contribution in [0.5, 0.6) is 0 Å². The standard InChI is InChI=1S/C15H19N3/c1-3-13-6-5-9-17-15(13)11-18-12(2)14-7-4-8-16-10-14/h4-10,12,18H,3,11H2,1-2H3. The summed E-state index contributed by atoms with van der Waals surface area (Å²) in [6.07, 6.45) is 6.57. The van der Waals surface area contributed by atoms with Crippen molar-refractivity contribution in [2.24, 2.45) is 0 Å². The van der Waals surface area contributed by atoms with E-state index in [0.29, 0.717) is 0 Å². The van der Waals surface area contributed by atoms with Gasteiger partial charge in [0.1, 0.15) is 0 Å². The van der Waals surface area contributed by atoms with Crippen LogP contribution in [0.4, 0.5) is 0 Å². The van der Waals surface area contributed by atoms with Gasteiger partial charge in [-0.15, -0.1) is 0 Å². The summed E-state index contributed by atoms with van der Waals surface area (Å²) in [5, 5.41) is 3.49. The van der Waals surface area contributed by atoms with Crippen LogP contribution in [-0.4, -0.2) is 9.97 Å². The van der Waals surface area contributed by atoms with Gasteiger partial charge in [-0.1, -0.05) is 19.1 Å². The van der Waals surface area contributed by atoms with Gasteiger partial charge < -0.3 is 5.32 Å². The minimum atomic E-state index is 0.283. The van der Waals surface area contributed by atoms with Crippen molar-refractivity contribution < 1.29 is 0 Å². The van der Waals surface area contributed by atoms with Gasteiger partial charge in [0, 0.05) is 31.2 Å². The topological polar surface area (TPSA) is 37.8 Å². The van der Waals surface area contributed by atoms with E-state index in [1.54, 1.807) is 6.20 Å². The highest BCUT2D eigenvalue weighted by Gasteiger charge is 2.06. The fourth-order valence-corrected chi connectivity index (χ4v) is 1.95. The van der Waals surface area contributed by atoms with Gasteiger partial charge in [0.15, 0.2) is 0 Å². The Hall–Kier alpha value is -1.74. The molecular weight excluding hydrogens is 222 g/mol. The van der Waals surface area contributed by atoms with Gasteiger partial charge in [-0.2, -0.15) is 0 Å². The lowest BCUT2D eigenvalue weighted by Crippen LogP contribution is -2.19. The molecule has 3 heteroatoms. The monoisotopic (exact) mass is 241 g/mol. The first-order valence-corrected chi connectivity index (χ1v) is 6.37. The molecule has 2 rings (SSSR count). The fourth-order valence-electron chi connectivity index (χ4n) is 1.95. The van der Waals surface area contributed by atoms with Crippen molar-refractivity contribution in [1.82, 2.24) is 15.3 Å². The zero-order chi connectivity index (χ0) is 12.8. The molecule has 3 nitrogen and oxygen atoms in total. The van der Waals surface area contributed by atoms with Gasteiger partial charge in [-0.25, -0.2) is 0 Å². The summed E-state index contributed by atoms with van der Waals surface area (Å²) in [5.74, 6) is 0.